The van der Waals surface area contributed by atoms with Gasteiger partial charge in [0.2, 0.25) is 0 Å². The van der Waals surface area contributed by atoms with E-state index in [1.807, 2.05) is 24.4 Å². The first kappa shape index (κ1) is 13.6. The molecule has 1 aromatic heterocycles. The van der Waals surface area contributed by atoms with E-state index in [4.69, 9.17) is 11.6 Å². The van der Waals surface area contributed by atoms with Crippen LogP contribution < -0.4 is 0 Å². The van der Waals surface area contributed by atoms with Crippen molar-refractivity contribution in [3.8, 4) is 0 Å². The molecule has 2 heteroatoms. The Balaban J connectivity index is 1.88. The van der Waals surface area contributed by atoms with E-state index < -0.39 is 0 Å². The summed E-state index contributed by atoms with van der Waals surface area (Å²) in [6.45, 7) is 0. The van der Waals surface area contributed by atoms with Gasteiger partial charge in [-0.15, -0.1) is 0 Å². The first-order valence-electron chi connectivity index (χ1n) is 7.52. The van der Waals surface area contributed by atoms with Crippen molar-refractivity contribution < 1.29 is 0 Å². The average Bonchev–Trinajstić information content (AvgIpc) is 2.51. The summed E-state index contributed by atoms with van der Waals surface area (Å²) in [7, 11) is 0. The fraction of sp³-hybridized carbons (Fsp3) is 0.389. The zero-order valence-electron chi connectivity index (χ0n) is 11.7. The van der Waals surface area contributed by atoms with Gasteiger partial charge in [0.05, 0.1) is 0 Å². The van der Waals surface area contributed by atoms with Gasteiger partial charge in [-0.1, -0.05) is 55.1 Å². The Bertz CT molecular complexity index is 573. The second-order valence-corrected chi connectivity index (χ2v) is 6.05. The largest absolute Gasteiger partial charge is 0.261 e. The first-order valence-corrected chi connectivity index (χ1v) is 7.89. The van der Waals surface area contributed by atoms with Gasteiger partial charge < -0.3 is 0 Å². The molecule has 0 radical (unpaired) electrons. The molecule has 0 N–H and O–H groups in total. The fourth-order valence-electron chi connectivity index (χ4n) is 3.21. The van der Waals surface area contributed by atoms with Crippen LogP contribution in [0.1, 0.15) is 54.8 Å². The van der Waals surface area contributed by atoms with E-state index in [1.165, 1.54) is 48.9 Å². The molecule has 3 rings (SSSR count). The number of benzene rings is 1. The molecule has 0 spiro atoms. The minimum atomic E-state index is 0.690. The smallest absolute Gasteiger partial charge is 0.0482 e. The Hall–Kier alpha value is -1.34. The molecule has 1 fully saturated rings. The number of rotatable bonds is 3. The molecule has 0 atom stereocenters. The van der Waals surface area contributed by atoms with Crippen molar-refractivity contribution >= 4 is 11.6 Å². The van der Waals surface area contributed by atoms with Gasteiger partial charge in [-0.05, 0) is 42.0 Å². The van der Waals surface area contributed by atoms with E-state index in [0.29, 0.717) is 5.92 Å². The normalized spacial score (nSPS) is 16.2. The number of pyridine rings is 1. The van der Waals surface area contributed by atoms with Gasteiger partial charge >= 0.3 is 0 Å². The maximum absolute atomic E-state index is 6.28. The van der Waals surface area contributed by atoms with Crippen LogP contribution in [-0.4, -0.2) is 4.98 Å². The van der Waals surface area contributed by atoms with Crippen LogP contribution in [0.3, 0.4) is 0 Å². The summed E-state index contributed by atoms with van der Waals surface area (Å²) in [6, 6.07) is 12.4. The van der Waals surface area contributed by atoms with E-state index in [-0.39, 0.29) is 0 Å². The lowest BCUT2D eigenvalue weighted by molar-refractivity contribution is 0.441. The minimum Gasteiger partial charge on any atom is -0.261 e. The summed E-state index contributed by atoms with van der Waals surface area (Å²) in [4.78, 5) is 4.63. The lowest BCUT2D eigenvalue weighted by Crippen LogP contribution is -2.09. The minimum absolute atomic E-state index is 0.690. The standard InChI is InChI=1S/C18H20ClN/c19-17-11-5-4-9-15(17)13-18-16(10-6-12-20-18)14-7-2-1-3-8-14/h4-6,9-12,14H,1-3,7-8,13H2. The summed E-state index contributed by atoms with van der Waals surface area (Å²) < 4.78 is 0. The van der Waals surface area contributed by atoms with E-state index in [2.05, 4.69) is 23.2 Å². The number of aromatic nitrogens is 1. The molecule has 0 unspecified atom stereocenters. The van der Waals surface area contributed by atoms with Crippen molar-refractivity contribution in [1.82, 2.24) is 4.98 Å². The molecule has 0 amide bonds. The molecule has 0 aliphatic heterocycles. The molecular weight excluding hydrogens is 266 g/mol. The maximum Gasteiger partial charge on any atom is 0.0482 e. The fourth-order valence-corrected chi connectivity index (χ4v) is 3.41. The Morgan fingerprint density at radius 2 is 1.80 bits per heavy atom. The van der Waals surface area contributed by atoms with Gasteiger partial charge in [-0.3, -0.25) is 4.98 Å². The number of hydrogen-bond acceptors (Lipinski definition) is 1. The molecule has 1 aliphatic rings. The van der Waals surface area contributed by atoms with Crippen LogP contribution in [0.2, 0.25) is 5.02 Å². The number of nitrogens with zero attached hydrogens (tertiary/aromatic N) is 1. The molecule has 2 aromatic rings. The average molecular weight is 286 g/mol. The van der Waals surface area contributed by atoms with Crippen LogP contribution in [0.4, 0.5) is 0 Å². The predicted octanol–water partition coefficient (Wildman–Crippen LogP) is 5.37. The van der Waals surface area contributed by atoms with Crippen molar-refractivity contribution in [2.45, 2.75) is 44.4 Å². The molecule has 20 heavy (non-hydrogen) atoms. The van der Waals surface area contributed by atoms with Crippen LogP contribution in [-0.2, 0) is 6.42 Å². The molecule has 1 saturated carbocycles. The highest BCUT2D eigenvalue weighted by atomic mass is 35.5. The summed E-state index contributed by atoms with van der Waals surface area (Å²) in [5.74, 6) is 0.690. The molecule has 1 heterocycles. The molecule has 0 saturated heterocycles. The molecular formula is C18H20ClN. The summed E-state index contributed by atoms with van der Waals surface area (Å²) >= 11 is 6.28. The number of hydrogen-bond donors (Lipinski definition) is 0. The Morgan fingerprint density at radius 1 is 1.00 bits per heavy atom. The molecule has 1 aliphatic carbocycles. The van der Waals surface area contributed by atoms with Gasteiger partial charge in [-0.2, -0.15) is 0 Å². The second kappa shape index (κ2) is 6.41. The number of halogens is 1. The van der Waals surface area contributed by atoms with Crippen molar-refractivity contribution in [3.05, 3.63) is 64.4 Å². The van der Waals surface area contributed by atoms with Crippen LogP contribution in [0, 0.1) is 0 Å². The predicted molar refractivity (Wildman–Crippen MR) is 84.3 cm³/mol. The first-order chi connectivity index (χ1) is 9.84. The van der Waals surface area contributed by atoms with Crippen LogP contribution in [0.5, 0.6) is 0 Å². The molecule has 1 nitrogen and oxygen atoms in total. The summed E-state index contributed by atoms with van der Waals surface area (Å²) in [5.41, 5.74) is 3.81. The van der Waals surface area contributed by atoms with Crippen molar-refractivity contribution in [1.29, 1.82) is 0 Å². The van der Waals surface area contributed by atoms with Gasteiger partial charge in [0, 0.05) is 23.3 Å². The Kier molecular flexibility index (Phi) is 4.37. The highest BCUT2D eigenvalue weighted by Gasteiger charge is 2.19. The van der Waals surface area contributed by atoms with Crippen molar-refractivity contribution in [2.75, 3.05) is 0 Å². The molecule has 104 valence electrons. The highest BCUT2D eigenvalue weighted by Crippen LogP contribution is 2.34. The topological polar surface area (TPSA) is 12.9 Å². The Labute approximate surface area is 126 Å². The van der Waals surface area contributed by atoms with Crippen molar-refractivity contribution in [2.24, 2.45) is 0 Å². The lowest BCUT2D eigenvalue weighted by Gasteiger charge is -2.23. The molecule has 0 bridgehead atoms. The SMILES string of the molecule is Clc1ccccc1Cc1ncccc1C1CCCCC1. The third kappa shape index (κ3) is 3.04. The maximum atomic E-state index is 6.28. The summed E-state index contributed by atoms with van der Waals surface area (Å²) in [6.07, 6.45) is 9.44. The monoisotopic (exact) mass is 285 g/mol. The van der Waals surface area contributed by atoms with Gasteiger partial charge in [0.1, 0.15) is 0 Å². The van der Waals surface area contributed by atoms with Crippen LogP contribution in [0.15, 0.2) is 42.6 Å². The van der Waals surface area contributed by atoms with Gasteiger partial charge in [0.25, 0.3) is 0 Å². The van der Waals surface area contributed by atoms with E-state index in [1.54, 1.807) is 0 Å². The molecule has 1 aromatic carbocycles. The second-order valence-electron chi connectivity index (χ2n) is 5.64. The van der Waals surface area contributed by atoms with E-state index >= 15 is 0 Å². The zero-order chi connectivity index (χ0) is 13.8. The summed E-state index contributed by atoms with van der Waals surface area (Å²) in [5, 5.41) is 0.841. The van der Waals surface area contributed by atoms with Crippen LogP contribution >= 0.6 is 11.6 Å². The van der Waals surface area contributed by atoms with Gasteiger partial charge in [0.15, 0.2) is 0 Å². The Morgan fingerprint density at radius 3 is 2.60 bits per heavy atom. The quantitative estimate of drug-likeness (QED) is 0.738. The van der Waals surface area contributed by atoms with Crippen LogP contribution in [0.25, 0.3) is 0 Å². The van der Waals surface area contributed by atoms with Crippen molar-refractivity contribution in [3.63, 3.8) is 0 Å². The highest BCUT2D eigenvalue weighted by molar-refractivity contribution is 6.31. The van der Waals surface area contributed by atoms with Gasteiger partial charge in [-0.25, -0.2) is 0 Å². The van der Waals surface area contributed by atoms with E-state index in [9.17, 15) is 0 Å². The third-order valence-corrected chi connectivity index (χ3v) is 4.65. The third-order valence-electron chi connectivity index (χ3n) is 4.29. The van der Waals surface area contributed by atoms with E-state index in [0.717, 1.165) is 11.4 Å². The lowest BCUT2D eigenvalue weighted by atomic mass is 9.82. The zero-order valence-corrected chi connectivity index (χ0v) is 12.4.